The molecule has 0 amide bonds. The minimum atomic E-state index is 0.289. The van der Waals surface area contributed by atoms with Gasteiger partial charge in [-0.3, -0.25) is 0 Å². The Morgan fingerprint density at radius 1 is 1.31 bits per heavy atom. The quantitative estimate of drug-likeness (QED) is 0.688. The summed E-state index contributed by atoms with van der Waals surface area (Å²) in [6.45, 7) is 6.50. The summed E-state index contributed by atoms with van der Waals surface area (Å²) in [5.41, 5.74) is 0. The van der Waals surface area contributed by atoms with Gasteiger partial charge in [-0.2, -0.15) is 11.8 Å². The third-order valence-corrected chi connectivity index (χ3v) is 3.02. The summed E-state index contributed by atoms with van der Waals surface area (Å²) in [6.07, 6.45) is 3.66. The first-order chi connectivity index (χ1) is 6.11. The Labute approximate surface area is 86.8 Å². The van der Waals surface area contributed by atoms with E-state index in [1.54, 1.807) is 7.11 Å². The Morgan fingerprint density at radius 2 is 1.92 bits per heavy atom. The molecule has 0 rings (SSSR count). The molecule has 0 heterocycles. The van der Waals surface area contributed by atoms with Crippen molar-refractivity contribution in [2.75, 3.05) is 19.1 Å². The van der Waals surface area contributed by atoms with Crippen LogP contribution in [0.1, 0.15) is 27.2 Å². The molecule has 0 aromatic rings. The molecule has 0 aliphatic rings. The molecule has 2 nitrogen and oxygen atoms in total. The largest absolute Gasteiger partial charge is 0.380 e. The molecule has 0 aliphatic carbocycles. The molecule has 0 saturated heterocycles. The zero-order valence-corrected chi connectivity index (χ0v) is 10.3. The van der Waals surface area contributed by atoms with Gasteiger partial charge in [0.15, 0.2) is 0 Å². The molecule has 3 unspecified atom stereocenters. The predicted molar refractivity (Wildman–Crippen MR) is 61.5 cm³/mol. The fraction of sp³-hybridized carbons (Fsp3) is 1.00. The Balaban J connectivity index is 3.57. The molecule has 0 fully saturated rings. The monoisotopic (exact) mass is 205 g/mol. The van der Waals surface area contributed by atoms with Gasteiger partial charge in [-0.15, -0.1) is 0 Å². The highest BCUT2D eigenvalue weighted by molar-refractivity contribution is 7.98. The van der Waals surface area contributed by atoms with E-state index in [0.717, 1.165) is 0 Å². The van der Waals surface area contributed by atoms with Crippen LogP contribution in [-0.2, 0) is 4.74 Å². The van der Waals surface area contributed by atoms with Crippen molar-refractivity contribution in [2.24, 2.45) is 0 Å². The maximum atomic E-state index is 5.25. The van der Waals surface area contributed by atoms with E-state index in [1.165, 1.54) is 12.2 Å². The fourth-order valence-electron chi connectivity index (χ4n) is 1.17. The highest BCUT2D eigenvalue weighted by atomic mass is 32.2. The van der Waals surface area contributed by atoms with E-state index in [9.17, 15) is 0 Å². The van der Waals surface area contributed by atoms with Crippen LogP contribution in [0.2, 0.25) is 0 Å². The number of thioether (sulfide) groups is 1. The van der Waals surface area contributed by atoms with E-state index >= 15 is 0 Å². The van der Waals surface area contributed by atoms with Crippen molar-refractivity contribution in [1.82, 2.24) is 5.32 Å². The van der Waals surface area contributed by atoms with Gasteiger partial charge in [0.05, 0.1) is 6.10 Å². The summed E-state index contributed by atoms with van der Waals surface area (Å²) in [5, 5.41) is 3.53. The number of methoxy groups -OCH3 is 1. The second-order valence-electron chi connectivity index (χ2n) is 3.58. The lowest BCUT2D eigenvalue weighted by atomic mass is 10.1. The van der Waals surface area contributed by atoms with Gasteiger partial charge >= 0.3 is 0 Å². The fourth-order valence-corrected chi connectivity index (χ4v) is 1.76. The van der Waals surface area contributed by atoms with Crippen molar-refractivity contribution in [3.63, 3.8) is 0 Å². The highest BCUT2D eigenvalue weighted by Gasteiger charge is 2.12. The molecule has 13 heavy (non-hydrogen) atoms. The summed E-state index contributed by atoms with van der Waals surface area (Å²) < 4.78 is 5.25. The van der Waals surface area contributed by atoms with Gasteiger partial charge < -0.3 is 10.1 Å². The molecule has 80 valence electrons. The van der Waals surface area contributed by atoms with E-state index in [0.29, 0.717) is 12.1 Å². The molecule has 3 heteroatoms. The molecule has 0 bridgehead atoms. The first-order valence-corrected chi connectivity index (χ1v) is 6.29. The molecule has 0 aromatic carbocycles. The Hall–Kier alpha value is 0.270. The van der Waals surface area contributed by atoms with Gasteiger partial charge in [0.2, 0.25) is 0 Å². The second kappa shape index (κ2) is 7.65. The first-order valence-electron chi connectivity index (χ1n) is 4.89. The Kier molecular flexibility index (Phi) is 7.81. The van der Waals surface area contributed by atoms with Crippen LogP contribution in [0.4, 0.5) is 0 Å². The van der Waals surface area contributed by atoms with Crippen molar-refractivity contribution in [1.29, 1.82) is 0 Å². The smallest absolute Gasteiger partial charge is 0.0693 e. The van der Waals surface area contributed by atoms with Crippen LogP contribution >= 0.6 is 11.8 Å². The lowest BCUT2D eigenvalue weighted by molar-refractivity contribution is 0.0851. The minimum Gasteiger partial charge on any atom is -0.380 e. The molecule has 1 N–H and O–H groups in total. The van der Waals surface area contributed by atoms with Crippen molar-refractivity contribution in [3.8, 4) is 0 Å². The first kappa shape index (κ1) is 13.3. The average Bonchev–Trinajstić information content (AvgIpc) is 2.13. The lowest BCUT2D eigenvalue weighted by Crippen LogP contribution is -2.42. The number of hydrogen-bond acceptors (Lipinski definition) is 3. The molecule has 0 aromatic heterocycles. The number of ether oxygens (including phenoxy) is 1. The topological polar surface area (TPSA) is 21.3 Å². The van der Waals surface area contributed by atoms with Crippen LogP contribution in [-0.4, -0.2) is 37.3 Å². The van der Waals surface area contributed by atoms with Crippen LogP contribution in [0, 0.1) is 0 Å². The maximum Gasteiger partial charge on any atom is 0.0693 e. The molecule has 0 aliphatic heterocycles. The van der Waals surface area contributed by atoms with Crippen LogP contribution in [0.3, 0.4) is 0 Å². The number of nitrogens with one attached hydrogen (secondary N) is 1. The third kappa shape index (κ3) is 6.36. The van der Waals surface area contributed by atoms with Crippen molar-refractivity contribution >= 4 is 11.8 Å². The summed E-state index contributed by atoms with van der Waals surface area (Å²) in [4.78, 5) is 0. The average molecular weight is 205 g/mol. The SMILES string of the molecule is COC(C)C(C)NC(C)CCSC. The predicted octanol–water partition coefficient (Wildman–Crippen LogP) is 2.14. The van der Waals surface area contributed by atoms with E-state index in [-0.39, 0.29) is 6.10 Å². The number of hydrogen-bond donors (Lipinski definition) is 1. The van der Waals surface area contributed by atoms with Gasteiger partial charge in [-0.25, -0.2) is 0 Å². The summed E-state index contributed by atoms with van der Waals surface area (Å²) >= 11 is 1.90. The van der Waals surface area contributed by atoms with Gasteiger partial charge in [0.1, 0.15) is 0 Å². The zero-order chi connectivity index (χ0) is 10.3. The van der Waals surface area contributed by atoms with E-state index in [4.69, 9.17) is 4.74 Å². The standard InChI is InChI=1S/C10H23NOS/c1-8(6-7-13-5)11-9(2)10(3)12-4/h8-11H,6-7H2,1-5H3. The minimum absolute atomic E-state index is 0.289. The van der Waals surface area contributed by atoms with E-state index < -0.39 is 0 Å². The van der Waals surface area contributed by atoms with Crippen molar-refractivity contribution in [3.05, 3.63) is 0 Å². The Morgan fingerprint density at radius 3 is 2.38 bits per heavy atom. The molecular formula is C10H23NOS. The summed E-state index contributed by atoms with van der Waals surface area (Å²) in [5.74, 6) is 1.22. The molecule has 0 spiro atoms. The van der Waals surface area contributed by atoms with E-state index in [1.807, 2.05) is 11.8 Å². The third-order valence-electron chi connectivity index (χ3n) is 2.38. The molecule has 3 atom stereocenters. The normalized spacial score (nSPS) is 18.2. The molecule has 0 saturated carbocycles. The summed E-state index contributed by atoms with van der Waals surface area (Å²) in [6, 6.07) is 1.02. The van der Waals surface area contributed by atoms with Gasteiger partial charge in [0, 0.05) is 19.2 Å². The second-order valence-corrected chi connectivity index (χ2v) is 4.56. The summed E-state index contributed by atoms with van der Waals surface area (Å²) in [7, 11) is 1.76. The molecule has 0 radical (unpaired) electrons. The van der Waals surface area contributed by atoms with Gasteiger partial charge in [0.25, 0.3) is 0 Å². The lowest BCUT2D eigenvalue weighted by Gasteiger charge is -2.24. The highest BCUT2D eigenvalue weighted by Crippen LogP contribution is 2.03. The number of rotatable bonds is 7. The van der Waals surface area contributed by atoms with Crippen molar-refractivity contribution in [2.45, 2.75) is 45.4 Å². The van der Waals surface area contributed by atoms with Gasteiger partial charge in [-0.1, -0.05) is 0 Å². The molecular weight excluding hydrogens is 182 g/mol. The zero-order valence-electron chi connectivity index (χ0n) is 9.46. The maximum absolute atomic E-state index is 5.25. The van der Waals surface area contributed by atoms with Crippen molar-refractivity contribution < 1.29 is 4.74 Å². The van der Waals surface area contributed by atoms with Crippen LogP contribution < -0.4 is 5.32 Å². The van der Waals surface area contributed by atoms with Crippen LogP contribution in [0.5, 0.6) is 0 Å². The van der Waals surface area contributed by atoms with Gasteiger partial charge in [-0.05, 0) is 39.2 Å². The van der Waals surface area contributed by atoms with Crippen LogP contribution in [0.15, 0.2) is 0 Å². The van der Waals surface area contributed by atoms with E-state index in [2.05, 4.69) is 32.3 Å². The van der Waals surface area contributed by atoms with Crippen LogP contribution in [0.25, 0.3) is 0 Å². The Bertz CT molecular complexity index is 121.